The number of amides is 1. The Morgan fingerprint density at radius 3 is 2.69 bits per heavy atom. The molecule has 0 bridgehead atoms. The van der Waals surface area contributed by atoms with Crippen LogP contribution in [-0.2, 0) is 17.8 Å². The summed E-state index contributed by atoms with van der Waals surface area (Å²) in [4.78, 5) is 33.9. The molecule has 0 fully saturated rings. The van der Waals surface area contributed by atoms with E-state index >= 15 is 0 Å². The lowest BCUT2D eigenvalue weighted by molar-refractivity contribution is -0.122. The number of benzene rings is 1. The Hall–Kier alpha value is -4.29. The molecule has 1 atom stereocenters. The van der Waals surface area contributed by atoms with Crippen LogP contribution in [0.25, 0.3) is 11.1 Å². The highest BCUT2D eigenvalue weighted by atomic mass is 16.3. The minimum atomic E-state index is -0.250. The highest BCUT2D eigenvalue weighted by molar-refractivity contribution is 5.94. The molecule has 1 unspecified atom stereocenters. The van der Waals surface area contributed by atoms with Gasteiger partial charge in [0.05, 0.1) is 11.3 Å². The monoisotopic (exact) mass is 472 g/mol. The summed E-state index contributed by atoms with van der Waals surface area (Å²) in [6.45, 7) is 2.79. The largest absolute Gasteiger partial charge is 0.483 e. The van der Waals surface area contributed by atoms with E-state index in [1.807, 2.05) is 26.2 Å². The highest BCUT2D eigenvalue weighted by Gasteiger charge is 2.28. The standard InChI is InChI=1S/C25H26N6O.CH2O2/c1-16(30(2)3)17-6-4-7-18(12-17)23-20(13-26)24(27)29-22-9-11-31(15-21(22)23)25(32)19-8-5-10-28-14-19;2-1-3/h4-8,10,12,14,16H,9,11,15H2,1-3H3,(H2,27,29);1H,(H,2,3). The van der Waals surface area contributed by atoms with E-state index in [4.69, 9.17) is 15.6 Å². The lowest BCUT2D eigenvalue weighted by Gasteiger charge is -2.31. The average molecular weight is 473 g/mol. The molecule has 9 nitrogen and oxygen atoms in total. The molecule has 1 aliphatic rings. The van der Waals surface area contributed by atoms with Crippen LogP contribution in [0.1, 0.15) is 45.7 Å². The van der Waals surface area contributed by atoms with Gasteiger partial charge in [-0.1, -0.05) is 18.2 Å². The fourth-order valence-electron chi connectivity index (χ4n) is 4.11. The van der Waals surface area contributed by atoms with Crippen molar-refractivity contribution < 1.29 is 14.7 Å². The Morgan fingerprint density at radius 2 is 2.06 bits per heavy atom. The van der Waals surface area contributed by atoms with Crippen molar-refractivity contribution in [1.82, 2.24) is 19.8 Å². The zero-order valence-corrected chi connectivity index (χ0v) is 20.0. The van der Waals surface area contributed by atoms with Crippen LogP contribution < -0.4 is 5.73 Å². The molecule has 0 spiro atoms. The van der Waals surface area contributed by atoms with Gasteiger partial charge in [-0.2, -0.15) is 5.26 Å². The summed E-state index contributed by atoms with van der Waals surface area (Å²) in [5.74, 6) is 0.152. The van der Waals surface area contributed by atoms with E-state index in [1.54, 1.807) is 29.4 Å². The number of nitriles is 1. The van der Waals surface area contributed by atoms with Crippen LogP contribution in [0.3, 0.4) is 0 Å². The molecular formula is C26H28N6O3. The second-order valence-corrected chi connectivity index (χ2v) is 8.37. The van der Waals surface area contributed by atoms with Gasteiger partial charge in [0.1, 0.15) is 17.5 Å². The van der Waals surface area contributed by atoms with Crippen molar-refractivity contribution in [2.45, 2.75) is 25.9 Å². The summed E-state index contributed by atoms with van der Waals surface area (Å²) in [6.07, 6.45) is 3.80. The summed E-state index contributed by atoms with van der Waals surface area (Å²) in [6, 6.07) is 14.1. The molecule has 0 radical (unpaired) electrons. The molecule has 35 heavy (non-hydrogen) atoms. The highest BCUT2D eigenvalue weighted by Crippen LogP contribution is 2.36. The van der Waals surface area contributed by atoms with Crippen molar-refractivity contribution in [3.63, 3.8) is 0 Å². The first kappa shape index (κ1) is 25.3. The maximum absolute atomic E-state index is 13.1. The van der Waals surface area contributed by atoms with Crippen LogP contribution in [0.15, 0.2) is 48.8 Å². The minimum Gasteiger partial charge on any atom is -0.483 e. The molecule has 3 N–H and O–H groups in total. The third-order valence-corrected chi connectivity index (χ3v) is 6.12. The smallest absolute Gasteiger partial charge is 0.290 e. The van der Waals surface area contributed by atoms with Crippen molar-refractivity contribution >= 4 is 18.2 Å². The summed E-state index contributed by atoms with van der Waals surface area (Å²) < 4.78 is 0. The van der Waals surface area contributed by atoms with Crippen molar-refractivity contribution in [3.05, 3.63) is 76.7 Å². The molecule has 3 heterocycles. The lowest BCUT2D eigenvalue weighted by atomic mass is 9.89. The summed E-state index contributed by atoms with van der Waals surface area (Å²) in [5, 5.41) is 16.8. The molecule has 0 saturated heterocycles. The van der Waals surface area contributed by atoms with E-state index in [-0.39, 0.29) is 24.2 Å². The van der Waals surface area contributed by atoms with Crippen molar-refractivity contribution in [1.29, 1.82) is 5.26 Å². The number of aromatic nitrogens is 2. The predicted molar refractivity (Wildman–Crippen MR) is 132 cm³/mol. The Bertz CT molecular complexity index is 1250. The maximum atomic E-state index is 13.1. The van der Waals surface area contributed by atoms with Crippen LogP contribution in [0, 0.1) is 11.3 Å². The Labute approximate surface area is 204 Å². The summed E-state index contributed by atoms with van der Waals surface area (Å²) in [5.41, 5.74) is 11.6. The molecule has 1 amide bonds. The fraction of sp³-hybridized carbons (Fsp3) is 0.269. The second kappa shape index (κ2) is 11.2. The number of pyridine rings is 2. The normalized spacial score (nSPS) is 13.2. The number of nitrogens with two attached hydrogens (primary N) is 1. The lowest BCUT2D eigenvalue weighted by Crippen LogP contribution is -2.37. The van der Waals surface area contributed by atoms with Crippen molar-refractivity contribution in [2.75, 3.05) is 26.4 Å². The molecule has 180 valence electrons. The summed E-state index contributed by atoms with van der Waals surface area (Å²) >= 11 is 0. The Balaban J connectivity index is 0.00000108. The first-order chi connectivity index (χ1) is 16.8. The number of carbonyl (C=O) groups excluding carboxylic acids is 1. The third-order valence-electron chi connectivity index (χ3n) is 6.12. The first-order valence-corrected chi connectivity index (χ1v) is 11.1. The van der Waals surface area contributed by atoms with Gasteiger partial charge in [-0.3, -0.25) is 14.6 Å². The topological polar surface area (TPSA) is 136 Å². The number of hydrogen-bond donors (Lipinski definition) is 2. The maximum Gasteiger partial charge on any atom is 0.290 e. The van der Waals surface area contributed by atoms with Gasteiger partial charge in [0.2, 0.25) is 0 Å². The minimum absolute atomic E-state index is 0.0833. The van der Waals surface area contributed by atoms with Crippen LogP contribution in [0.5, 0.6) is 0 Å². The molecular weight excluding hydrogens is 444 g/mol. The molecule has 2 aromatic heterocycles. The molecule has 0 saturated carbocycles. The van der Waals surface area contributed by atoms with Gasteiger partial charge >= 0.3 is 0 Å². The number of fused-ring (bicyclic) bond motifs is 1. The number of nitrogen functional groups attached to an aromatic ring is 1. The molecule has 1 aliphatic heterocycles. The number of rotatable bonds is 4. The second-order valence-electron chi connectivity index (χ2n) is 8.37. The van der Waals surface area contributed by atoms with Gasteiger partial charge in [0.15, 0.2) is 0 Å². The average Bonchev–Trinajstić information content (AvgIpc) is 2.87. The van der Waals surface area contributed by atoms with Crippen LogP contribution >= 0.6 is 0 Å². The number of hydrogen-bond acceptors (Lipinski definition) is 7. The molecule has 4 rings (SSSR count). The molecule has 9 heteroatoms. The van der Waals surface area contributed by atoms with Crippen LogP contribution in [0.4, 0.5) is 5.82 Å². The zero-order valence-electron chi connectivity index (χ0n) is 20.0. The van der Waals surface area contributed by atoms with E-state index < -0.39 is 0 Å². The number of anilines is 1. The molecule has 3 aromatic rings. The number of carboxylic acid groups (broad SMARTS) is 1. The fourth-order valence-corrected chi connectivity index (χ4v) is 4.11. The van der Waals surface area contributed by atoms with Crippen LogP contribution in [0.2, 0.25) is 0 Å². The van der Waals surface area contributed by atoms with Gasteiger partial charge in [-0.25, -0.2) is 4.98 Å². The Morgan fingerprint density at radius 1 is 1.31 bits per heavy atom. The predicted octanol–water partition coefficient (Wildman–Crippen LogP) is 3.12. The molecule has 1 aromatic carbocycles. The van der Waals surface area contributed by atoms with E-state index in [1.165, 1.54) is 0 Å². The van der Waals surface area contributed by atoms with Crippen molar-refractivity contribution in [2.24, 2.45) is 0 Å². The van der Waals surface area contributed by atoms with Crippen molar-refractivity contribution in [3.8, 4) is 17.2 Å². The van der Waals surface area contributed by atoms with Gasteiger partial charge in [0.25, 0.3) is 12.4 Å². The number of nitrogens with zero attached hydrogens (tertiary/aromatic N) is 5. The molecule has 0 aliphatic carbocycles. The third kappa shape index (κ3) is 5.45. The van der Waals surface area contributed by atoms with Crippen LogP contribution in [-0.4, -0.2) is 57.9 Å². The van der Waals surface area contributed by atoms with Gasteiger partial charge in [0, 0.05) is 49.1 Å². The first-order valence-electron chi connectivity index (χ1n) is 11.1. The van der Waals surface area contributed by atoms with Gasteiger partial charge in [-0.15, -0.1) is 0 Å². The Kier molecular flexibility index (Phi) is 8.12. The number of carbonyl (C=O) groups is 2. The van der Waals surface area contributed by atoms with Gasteiger partial charge < -0.3 is 20.6 Å². The van der Waals surface area contributed by atoms with Gasteiger partial charge in [-0.05, 0) is 50.3 Å². The summed E-state index contributed by atoms with van der Waals surface area (Å²) in [7, 11) is 4.07. The quantitative estimate of drug-likeness (QED) is 0.553. The zero-order chi connectivity index (χ0) is 25.5. The van der Waals surface area contributed by atoms with E-state index in [0.29, 0.717) is 30.6 Å². The van der Waals surface area contributed by atoms with E-state index in [2.05, 4.69) is 40.0 Å². The van der Waals surface area contributed by atoms with E-state index in [0.717, 1.165) is 27.9 Å². The van der Waals surface area contributed by atoms with E-state index in [9.17, 15) is 10.1 Å². The SMILES string of the molecule is CC(c1cccc(-c2c(C#N)c(N)nc3c2CN(C(=O)c2cccnc2)CC3)c1)N(C)C.O=CO.